The predicted molar refractivity (Wildman–Crippen MR) is 99.2 cm³/mol. The van der Waals surface area contributed by atoms with Crippen LogP contribution in [0.3, 0.4) is 0 Å². The van der Waals surface area contributed by atoms with E-state index >= 15 is 0 Å². The summed E-state index contributed by atoms with van der Waals surface area (Å²) in [5, 5.41) is 0.343. The number of amides is 2. The number of methoxy groups -OCH3 is 2. The van der Waals surface area contributed by atoms with Crippen LogP contribution in [0, 0.1) is 0 Å². The van der Waals surface area contributed by atoms with E-state index in [2.05, 4.69) is 0 Å². The van der Waals surface area contributed by atoms with Gasteiger partial charge in [0.25, 0.3) is 11.8 Å². The lowest BCUT2D eigenvalue weighted by Gasteiger charge is -2.13. The second-order valence-corrected chi connectivity index (χ2v) is 8.11. The summed E-state index contributed by atoms with van der Waals surface area (Å²) in [6.07, 6.45) is -0.552. The number of hydrogen-bond donors (Lipinski definition) is 0. The molecule has 2 aromatic rings. The van der Waals surface area contributed by atoms with Crippen LogP contribution in [0.4, 0.5) is 0 Å². The van der Waals surface area contributed by atoms with Gasteiger partial charge in [0.05, 0.1) is 42.4 Å². The van der Waals surface area contributed by atoms with Crippen LogP contribution >= 0.6 is 0 Å². The molecule has 0 aromatic heterocycles. The zero-order chi connectivity index (χ0) is 21.2. The van der Waals surface area contributed by atoms with E-state index < -0.39 is 39.8 Å². The van der Waals surface area contributed by atoms with Crippen LogP contribution in [0.25, 0.3) is 0 Å². The second-order valence-electron chi connectivity index (χ2n) is 6.00. The number of carbonyl (C=O) groups excluding carboxylic acids is 3. The molecule has 1 aliphatic rings. The minimum Gasteiger partial charge on any atom is -0.493 e. The highest BCUT2D eigenvalue weighted by Crippen LogP contribution is 2.30. The van der Waals surface area contributed by atoms with E-state index in [-0.39, 0.29) is 21.8 Å². The van der Waals surface area contributed by atoms with E-state index in [1.165, 1.54) is 44.6 Å². The van der Waals surface area contributed by atoms with E-state index in [1.807, 2.05) is 0 Å². The van der Waals surface area contributed by atoms with Crippen LogP contribution in [-0.2, 0) is 19.5 Å². The maximum absolute atomic E-state index is 12.5. The Morgan fingerprint density at radius 3 is 2.07 bits per heavy atom. The third-order valence-electron chi connectivity index (χ3n) is 4.24. The lowest BCUT2D eigenvalue weighted by atomic mass is 10.1. The van der Waals surface area contributed by atoms with Crippen molar-refractivity contribution in [1.82, 2.24) is 5.06 Å². The quantitative estimate of drug-likeness (QED) is 0.622. The maximum Gasteiger partial charge on any atom is 0.334 e. The lowest BCUT2D eigenvalue weighted by Crippen LogP contribution is -2.33. The number of nitrogens with zero attached hydrogens (tertiary/aromatic N) is 1. The minimum absolute atomic E-state index is 0.0660. The van der Waals surface area contributed by atoms with Crippen molar-refractivity contribution in [3.8, 4) is 11.5 Å². The van der Waals surface area contributed by atoms with Gasteiger partial charge < -0.3 is 14.3 Å². The Labute approximate surface area is 166 Å². The Kier molecular flexibility index (Phi) is 5.55. The van der Waals surface area contributed by atoms with Crippen molar-refractivity contribution in [2.75, 3.05) is 20.0 Å². The first kappa shape index (κ1) is 20.3. The number of sulfone groups is 1. The summed E-state index contributed by atoms with van der Waals surface area (Å²) in [5.41, 5.74) is 0.228. The van der Waals surface area contributed by atoms with Crippen molar-refractivity contribution in [3.63, 3.8) is 0 Å². The molecular weight excluding hydrogens is 402 g/mol. The summed E-state index contributed by atoms with van der Waals surface area (Å²) in [6, 6.07) is 10.1. The highest BCUT2D eigenvalue weighted by Gasteiger charge is 2.38. The number of imide groups is 1. The molecule has 152 valence electrons. The smallest absolute Gasteiger partial charge is 0.334 e. The molecule has 0 saturated carbocycles. The highest BCUT2D eigenvalue weighted by atomic mass is 32.2. The van der Waals surface area contributed by atoms with Crippen LogP contribution in [0.15, 0.2) is 47.4 Å². The van der Waals surface area contributed by atoms with Crippen molar-refractivity contribution in [2.45, 2.75) is 11.3 Å². The molecule has 0 atom stereocenters. The molecule has 0 bridgehead atoms. The number of ether oxygens (including phenoxy) is 2. The number of fused-ring (bicyclic) bond motifs is 1. The zero-order valence-electron chi connectivity index (χ0n) is 15.6. The van der Waals surface area contributed by atoms with Gasteiger partial charge in [-0.1, -0.05) is 17.2 Å². The first-order chi connectivity index (χ1) is 13.8. The molecule has 2 aromatic carbocycles. The summed E-state index contributed by atoms with van der Waals surface area (Å²) in [7, 11) is -1.07. The molecule has 0 aliphatic carbocycles. The molecule has 2 amide bonds. The van der Waals surface area contributed by atoms with E-state index in [9.17, 15) is 22.8 Å². The van der Waals surface area contributed by atoms with Gasteiger partial charge in [-0.2, -0.15) is 0 Å². The fraction of sp³-hybridized carbons (Fsp3) is 0.211. The first-order valence-corrected chi connectivity index (χ1v) is 10.1. The molecule has 0 N–H and O–H groups in total. The van der Waals surface area contributed by atoms with Crippen molar-refractivity contribution < 1.29 is 37.1 Å². The van der Waals surface area contributed by atoms with Gasteiger partial charge in [0.2, 0.25) is 0 Å². The van der Waals surface area contributed by atoms with E-state index in [0.29, 0.717) is 10.8 Å². The Balaban J connectivity index is 1.66. The number of rotatable bonds is 7. The third-order valence-corrected chi connectivity index (χ3v) is 5.95. The van der Waals surface area contributed by atoms with Crippen LogP contribution in [-0.4, -0.2) is 51.2 Å². The van der Waals surface area contributed by atoms with Crippen molar-refractivity contribution >= 4 is 27.6 Å². The van der Waals surface area contributed by atoms with E-state index in [1.54, 1.807) is 12.1 Å². The monoisotopic (exact) mass is 419 g/mol. The highest BCUT2D eigenvalue weighted by molar-refractivity contribution is 7.91. The van der Waals surface area contributed by atoms with Crippen LogP contribution < -0.4 is 9.47 Å². The normalized spacial score (nSPS) is 13.2. The Bertz CT molecular complexity index is 1060. The van der Waals surface area contributed by atoms with Gasteiger partial charge in [0, 0.05) is 6.07 Å². The predicted octanol–water partition coefficient (Wildman–Crippen LogP) is 1.62. The molecule has 3 rings (SSSR count). The Hall–Kier alpha value is -3.40. The van der Waals surface area contributed by atoms with Gasteiger partial charge in [-0.15, -0.1) is 0 Å². The van der Waals surface area contributed by atoms with Gasteiger partial charge in [-0.3, -0.25) is 9.59 Å². The maximum atomic E-state index is 12.5. The van der Waals surface area contributed by atoms with Crippen LogP contribution in [0.2, 0.25) is 0 Å². The third kappa shape index (κ3) is 3.92. The number of carbonyl (C=O) groups is 3. The van der Waals surface area contributed by atoms with Gasteiger partial charge in [0.15, 0.2) is 21.3 Å². The zero-order valence-corrected chi connectivity index (χ0v) is 16.4. The summed E-state index contributed by atoms with van der Waals surface area (Å²) in [4.78, 5) is 41.2. The molecule has 1 heterocycles. The number of hydrogen-bond acceptors (Lipinski definition) is 8. The molecule has 9 nitrogen and oxygen atoms in total. The van der Waals surface area contributed by atoms with Gasteiger partial charge in [0.1, 0.15) is 0 Å². The SMILES string of the molecule is COc1ccc(S(=O)(=O)CCC(=O)ON2C(=O)c3ccccc3C2=O)cc1OC. The standard InChI is InChI=1S/C19H17NO8S/c1-26-15-8-7-12(11-16(15)27-2)29(24,25)10-9-17(21)28-20-18(22)13-5-3-4-6-14(13)19(20)23/h3-8,11H,9-10H2,1-2H3. The second kappa shape index (κ2) is 7.92. The van der Waals surface area contributed by atoms with Crippen LogP contribution in [0.5, 0.6) is 11.5 Å². The summed E-state index contributed by atoms with van der Waals surface area (Å²) < 4.78 is 35.1. The lowest BCUT2D eigenvalue weighted by molar-refractivity contribution is -0.168. The molecule has 10 heteroatoms. The molecule has 0 radical (unpaired) electrons. The van der Waals surface area contributed by atoms with Crippen molar-refractivity contribution in [3.05, 3.63) is 53.6 Å². The van der Waals surface area contributed by atoms with Crippen molar-refractivity contribution in [1.29, 1.82) is 0 Å². The molecule has 1 aliphatic heterocycles. The topological polar surface area (TPSA) is 116 Å². The average molecular weight is 419 g/mol. The summed E-state index contributed by atoms with van der Waals surface area (Å²) >= 11 is 0. The first-order valence-electron chi connectivity index (χ1n) is 8.42. The van der Waals surface area contributed by atoms with Gasteiger partial charge in [-0.05, 0) is 24.3 Å². The number of hydroxylamine groups is 2. The molecule has 0 unspecified atom stereocenters. The summed E-state index contributed by atoms with van der Waals surface area (Å²) in [5.74, 6) is -2.57. The molecule has 0 spiro atoms. The molecule has 0 fully saturated rings. The summed E-state index contributed by atoms with van der Waals surface area (Å²) in [6.45, 7) is 0. The Morgan fingerprint density at radius 2 is 1.52 bits per heavy atom. The average Bonchev–Trinajstić information content (AvgIpc) is 2.97. The number of benzene rings is 2. The van der Waals surface area contributed by atoms with Crippen LogP contribution in [0.1, 0.15) is 27.1 Å². The molecular formula is C19H17NO8S. The van der Waals surface area contributed by atoms with Gasteiger partial charge in [-0.25, -0.2) is 13.2 Å². The fourth-order valence-corrected chi connectivity index (χ4v) is 3.98. The Morgan fingerprint density at radius 1 is 0.931 bits per heavy atom. The van der Waals surface area contributed by atoms with E-state index in [0.717, 1.165) is 0 Å². The molecule has 29 heavy (non-hydrogen) atoms. The fourth-order valence-electron chi connectivity index (χ4n) is 2.74. The van der Waals surface area contributed by atoms with E-state index in [4.69, 9.17) is 14.3 Å². The van der Waals surface area contributed by atoms with Gasteiger partial charge >= 0.3 is 5.97 Å². The largest absolute Gasteiger partial charge is 0.493 e. The van der Waals surface area contributed by atoms with Crippen molar-refractivity contribution in [2.24, 2.45) is 0 Å². The molecule has 0 saturated heterocycles. The minimum atomic E-state index is -3.85.